The highest BCUT2D eigenvalue weighted by atomic mass is 16.5. The molecule has 0 aliphatic carbocycles. The van der Waals surface area contributed by atoms with Crippen molar-refractivity contribution in [3.05, 3.63) is 23.8 Å². The van der Waals surface area contributed by atoms with Gasteiger partial charge in [0.2, 0.25) is 0 Å². The van der Waals surface area contributed by atoms with E-state index in [1.165, 1.54) is 7.11 Å². The molecule has 1 aromatic rings. The number of methoxy groups -OCH3 is 2. The maximum Gasteiger partial charge on any atom is 0.340 e. The molecule has 19 heavy (non-hydrogen) atoms. The van der Waals surface area contributed by atoms with Crippen molar-refractivity contribution in [3.8, 4) is 0 Å². The molecule has 0 spiro atoms. The van der Waals surface area contributed by atoms with Gasteiger partial charge in [0.1, 0.15) is 0 Å². The van der Waals surface area contributed by atoms with Gasteiger partial charge >= 0.3 is 5.97 Å². The molecule has 0 aliphatic rings. The number of anilines is 2. The van der Waals surface area contributed by atoms with E-state index in [0.29, 0.717) is 24.4 Å². The summed E-state index contributed by atoms with van der Waals surface area (Å²) in [4.78, 5) is 13.8. The molecule has 1 aromatic carbocycles. The van der Waals surface area contributed by atoms with Gasteiger partial charge in [-0.3, -0.25) is 0 Å². The average molecular weight is 266 g/mol. The number of para-hydroxylation sites is 1. The summed E-state index contributed by atoms with van der Waals surface area (Å²) < 4.78 is 9.84. The fraction of sp³-hybridized carbons (Fsp3) is 0.500. The van der Waals surface area contributed by atoms with E-state index < -0.39 is 5.97 Å². The number of nitrogen functional groups attached to an aromatic ring is 1. The third kappa shape index (κ3) is 3.61. The van der Waals surface area contributed by atoms with Crippen molar-refractivity contribution in [2.75, 3.05) is 38.0 Å². The summed E-state index contributed by atoms with van der Waals surface area (Å²) in [5, 5.41) is 0. The zero-order valence-corrected chi connectivity index (χ0v) is 12.0. The van der Waals surface area contributed by atoms with Crippen LogP contribution in [0.25, 0.3) is 0 Å². The summed E-state index contributed by atoms with van der Waals surface area (Å²) in [5.41, 5.74) is 7.75. The van der Waals surface area contributed by atoms with Gasteiger partial charge in [-0.05, 0) is 26.0 Å². The van der Waals surface area contributed by atoms with E-state index in [1.54, 1.807) is 19.2 Å². The zero-order chi connectivity index (χ0) is 14.4. The second kappa shape index (κ2) is 6.99. The summed E-state index contributed by atoms with van der Waals surface area (Å²) >= 11 is 0. The van der Waals surface area contributed by atoms with Gasteiger partial charge < -0.3 is 20.1 Å². The Morgan fingerprint density at radius 1 is 1.37 bits per heavy atom. The van der Waals surface area contributed by atoms with E-state index in [-0.39, 0.29) is 6.04 Å². The highest BCUT2D eigenvalue weighted by molar-refractivity contribution is 5.98. The Labute approximate surface area is 114 Å². The Hall–Kier alpha value is -1.75. The van der Waals surface area contributed by atoms with Crippen molar-refractivity contribution < 1.29 is 14.3 Å². The van der Waals surface area contributed by atoms with Crippen LogP contribution in [-0.2, 0) is 9.47 Å². The summed E-state index contributed by atoms with van der Waals surface area (Å²) in [6.07, 6.45) is 0. The first-order chi connectivity index (χ1) is 9.02. The molecule has 2 N–H and O–H groups in total. The van der Waals surface area contributed by atoms with Crippen LogP contribution >= 0.6 is 0 Å². The molecule has 5 heteroatoms. The summed E-state index contributed by atoms with van der Waals surface area (Å²) in [7, 11) is 3.01. The number of nitrogens with two attached hydrogens (primary N) is 1. The Morgan fingerprint density at radius 2 is 2.05 bits per heavy atom. The lowest BCUT2D eigenvalue weighted by molar-refractivity contribution is 0.0602. The second-order valence-electron chi connectivity index (χ2n) is 4.51. The summed E-state index contributed by atoms with van der Waals surface area (Å²) in [6, 6.07) is 5.63. The number of ether oxygens (including phenoxy) is 2. The first kappa shape index (κ1) is 15.3. The molecule has 0 unspecified atom stereocenters. The van der Waals surface area contributed by atoms with Gasteiger partial charge in [0.15, 0.2) is 0 Å². The quantitative estimate of drug-likeness (QED) is 0.629. The molecule has 0 heterocycles. The van der Waals surface area contributed by atoms with Crippen molar-refractivity contribution in [1.29, 1.82) is 0 Å². The minimum atomic E-state index is -0.421. The molecule has 0 aromatic heterocycles. The molecule has 0 atom stereocenters. The minimum Gasteiger partial charge on any atom is -0.465 e. The fourth-order valence-electron chi connectivity index (χ4n) is 1.94. The van der Waals surface area contributed by atoms with Crippen LogP contribution in [0, 0.1) is 0 Å². The average Bonchev–Trinajstić information content (AvgIpc) is 2.39. The van der Waals surface area contributed by atoms with E-state index in [1.807, 2.05) is 6.07 Å². The lowest BCUT2D eigenvalue weighted by Gasteiger charge is -2.30. The number of rotatable bonds is 6. The third-order valence-corrected chi connectivity index (χ3v) is 2.96. The van der Waals surface area contributed by atoms with Crippen LogP contribution in [0.4, 0.5) is 11.4 Å². The maximum absolute atomic E-state index is 11.6. The Bertz CT molecular complexity index is 433. The molecule has 0 saturated carbocycles. The van der Waals surface area contributed by atoms with Crippen LogP contribution < -0.4 is 10.6 Å². The number of benzene rings is 1. The standard InChI is InChI=1S/C14H22N2O3/c1-10(2)16(8-9-18-3)12-7-5-6-11(13(12)15)14(17)19-4/h5-7,10H,8-9,15H2,1-4H3. The molecule has 0 radical (unpaired) electrons. The number of nitrogens with zero attached hydrogens (tertiary/aromatic N) is 1. The first-order valence-electron chi connectivity index (χ1n) is 6.25. The van der Waals surface area contributed by atoms with Crippen molar-refractivity contribution in [2.45, 2.75) is 19.9 Å². The highest BCUT2D eigenvalue weighted by Gasteiger charge is 2.18. The maximum atomic E-state index is 11.6. The van der Waals surface area contributed by atoms with Crippen LogP contribution in [0.5, 0.6) is 0 Å². The van der Waals surface area contributed by atoms with Gasteiger partial charge in [-0.25, -0.2) is 4.79 Å². The van der Waals surface area contributed by atoms with Gasteiger partial charge in [0, 0.05) is 19.7 Å². The second-order valence-corrected chi connectivity index (χ2v) is 4.51. The molecular formula is C14H22N2O3. The molecule has 0 saturated heterocycles. The lowest BCUT2D eigenvalue weighted by atomic mass is 10.1. The number of hydrogen-bond donors (Lipinski definition) is 1. The van der Waals surface area contributed by atoms with Crippen molar-refractivity contribution in [3.63, 3.8) is 0 Å². The highest BCUT2D eigenvalue weighted by Crippen LogP contribution is 2.28. The van der Waals surface area contributed by atoms with Gasteiger partial charge in [0.05, 0.1) is 30.7 Å². The Morgan fingerprint density at radius 3 is 2.58 bits per heavy atom. The number of carbonyl (C=O) groups is 1. The van der Waals surface area contributed by atoms with Crippen molar-refractivity contribution in [2.24, 2.45) is 0 Å². The molecule has 5 nitrogen and oxygen atoms in total. The molecule has 0 fully saturated rings. The smallest absolute Gasteiger partial charge is 0.340 e. The van der Waals surface area contributed by atoms with E-state index in [4.69, 9.17) is 15.2 Å². The Kier molecular flexibility index (Phi) is 5.63. The van der Waals surface area contributed by atoms with Crippen LogP contribution in [0.2, 0.25) is 0 Å². The van der Waals surface area contributed by atoms with Gasteiger partial charge in [-0.1, -0.05) is 6.07 Å². The molecule has 1 rings (SSSR count). The van der Waals surface area contributed by atoms with Crippen LogP contribution in [0.1, 0.15) is 24.2 Å². The van der Waals surface area contributed by atoms with Gasteiger partial charge in [-0.15, -0.1) is 0 Å². The van der Waals surface area contributed by atoms with E-state index >= 15 is 0 Å². The number of hydrogen-bond acceptors (Lipinski definition) is 5. The van der Waals surface area contributed by atoms with Crippen LogP contribution in [0.3, 0.4) is 0 Å². The normalized spacial score (nSPS) is 10.6. The molecule has 0 bridgehead atoms. The van der Waals surface area contributed by atoms with Gasteiger partial charge in [-0.2, -0.15) is 0 Å². The van der Waals surface area contributed by atoms with E-state index in [2.05, 4.69) is 18.7 Å². The van der Waals surface area contributed by atoms with E-state index in [9.17, 15) is 4.79 Å². The Balaban J connectivity index is 3.13. The largest absolute Gasteiger partial charge is 0.465 e. The SMILES string of the molecule is COCCN(c1cccc(C(=O)OC)c1N)C(C)C. The van der Waals surface area contributed by atoms with Crippen molar-refractivity contribution in [1.82, 2.24) is 0 Å². The predicted molar refractivity (Wildman–Crippen MR) is 76.6 cm³/mol. The monoisotopic (exact) mass is 266 g/mol. The summed E-state index contributed by atoms with van der Waals surface area (Å²) in [6.45, 7) is 5.45. The zero-order valence-electron chi connectivity index (χ0n) is 12.0. The first-order valence-corrected chi connectivity index (χ1v) is 6.25. The fourth-order valence-corrected chi connectivity index (χ4v) is 1.94. The van der Waals surface area contributed by atoms with Crippen LogP contribution in [0.15, 0.2) is 18.2 Å². The third-order valence-electron chi connectivity index (χ3n) is 2.96. The molecule has 0 aliphatic heterocycles. The summed E-state index contributed by atoms with van der Waals surface area (Å²) in [5.74, 6) is -0.421. The lowest BCUT2D eigenvalue weighted by Crippen LogP contribution is -2.34. The molecular weight excluding hydrogens is 244 g/mol. The van der Waals surface area contributed by atoms with E-state index in [0.717, 1.165) is 5.69 Å². The predicted octanol–water partition coefficient (Wildman–Crippen LogP) is 1.92. The molecule has 106 valence electrons. The number of carbonyl (C=O) groups excluding carboxylic acids is 1. The molecule has 0 amide bonds. The van der Waals surface area contributed by atoms with Crippen LogP contribution in [-0.4, -0.2) is 39.4 Å². The van der Waals surface area contributed by atoms with Gasteiger partial charge in [0.25, 0.3) is 0 Å². The number of esters is 1. The van der Waals surface area contributed by atoms with Crippen molar-refractivity contribution >= 4 is 17.3 Å². The topological polar surface area (TPSA) is 64.8 Å². The minimum absolute atomic E-state index is 0.255.